The van der Waals surface area contributed by atoms with Gasteiger partial charge >= 0.3 is 150 Å². The van der Waals surface area contributed by atoms with Crippen molar-refractivity contribution in [3.05, 3.63) is 42.2 Å². The summed E-state index contributed by atoms with van der Waals surface area (Å²) < 4.78 is 0.915. The van der Waals surface area contributed by atoms with Crippen molar-refractivity contribution in [2.75, 3.05) is 18.0 Å². The molecule has 1 fully saturated rings. The van der Waals surface area contributed by atoms with E-state index in [0.29, 0.717) is 16.7 Å². The summed E-state index contributed by atoms with van der Waals surface area (Å²) in [5.41, 5.74) is 9.40. The predicted molar refractivity (Wildman–Crippen MR) is 117 cm³/mol. The van der Waals surface area contributed by atoms with Crippen LogP contribution in [-0.2, 0) is 0 Å². The van der Waals surface area contributed by atoms with Crippen LogP contribution in [-0.4, -0.2) is 48.5 Å². The van der Waals surface area contributed by atoms with E-state index in [1.165, 1.54) is 18.8 Å². The normalized spacial score (nSPS) is 15.3. The van der Waals surface area contributed by atoms with Gasteiger partial charge in [-0.15, -0.1) is 0 Å². The molecular formula is C22H27AsN4O. The Morgan fingerprint density at radius 2 is 2.00 bits per heavy atom. The zero-order chi connectivity index (χ0) is 20.1. The van der Waals surface area contributed by atoms with Gasteiger partial charge in [0.1, 0.15) is 0 Å². The molecule has 0 aliphatic carbocycles. The Balaban J connectivity index is 1.67. The van der Waals surface area contributed by atoms with Gasteiger partial charge in [0.15, 0.2) is 0 Å². The van der Waals surface area contributed by atoms with Gasteiger partial charge in [-0.1, -0.05) is 20.8 Å². The van der Waals surface area contributed by atoms with Crippen LogP contribution in [0.25, 0.3) is 22.4 Å². The summed E-state index contributed by atoms with van der Waals surface area (Å²) in [5, 5.41) is 0. The number of ketones is 1. The van der Waals surface area contributed by atoms with Gasteiger partial charge in [-0.25, -0.2) is 0 Å². The molecule has 0 bridgehead atoms. The molecule has 0 spiro atoms. The van der Waals surface area contributed by atoms with Crippen molar-refractivity contribution >= 4 is 37.3 Å². The zero-order valence-electron chi connectivity index (χ0n) is 17.2. The number of aromatic nitrogens is 3. The second-order valence-electron chi connectivity index (χ2n) is 8.81. The molecular weight excluding hydrogens is 411 g/mol. The van der Waals surface area contributed by atoms with Crippen LogP contribution in [0, 0.1) is 5.41 Å². The fraction of sp³-hybridized carbons (Fsp3) is 0.409. The first-order valence-corrected chi connectivity index (χ1v) is 14.5. The van der Waals surface area contributed by atoms with Gasteiger partial charge in [0.2, 0.25) is 0 Å². The van der Waals surface area contributed by atoms with Crippen molar-refractivity contribution in [1.82, 2.24) is 15.0 Å². The first kappa shape index (κ1) is 19.2. The summed E-state index contributed by atoms with van der Waals surface area (Å²) in [6.07, 6.45) is 3.51. The second kappa shape index (κ2) is 7.04. The molecule has 2 aromatic heterocycles. The third kappa shape index (κ3) is 3.48. The number of rotatable bonds is 4. The summed E-state index contributed by atoms with van der Waals surface area (Å²) >= 11 is -0.626. The van der Waals surface area contributed by atoms with Crippen molar-refractivity contribution in [3.63, 3.8) is 0 Å². The Morgan fingerprint density at radius 3 is 2.68 bits per heavy atom. The summed E-state index contributed by atoms with van der Waals surface area (Å²) in [6, 6.07) is 8.49. The van der Waals surface area contributed by atoms with Gasteiger partial charge in [0.05, 0.1) is 0 Å². The summed E-state index contributed by atoms with van der Waals surface area (Å²) in [7, 11) is 0. The van der Waals surface area contributed by atoms with Crippen molar-refractivity contribution in [1.29, 1.82) is 0 Å². The van der Waals surface area contributed by atoms with Crippen molar-refractivity contribution in [2.24, 2.45) is 5.41 Å². The number of H-pyrrole nitrogens is 1. The number of benzene rings is 1. The second-order valence-corrected chi connectivity index (χ2v) is 14.4. The molecule has 3 heterocycles. The fourth-order valence-corrected chi connectivity index (χ4v) is 5.66. The van der Waals surface area contributed by atoms with Crippen LogP contribution < -0.4 is 4.90 Å². The SMILES string of the molecule is C[As](C)C1CN(c2cccc(-c3cnc4[nH]cc(C(=O)C(C)(C)C)c4n3)c2)C1. The molecule has 0 atom stereocenters. The van der Waals surface area contributed by atoms with E-state index in [4.69, 9.17) is 4.98 Å². The van der Waals surface area contributed by atoms with E-state index in [9.17, 15) is 4.79 Å². The van der Waals surface area contributed by atoms with Crippen LogP contribution in [0.2, 0.25) is 16.1 Å². The van der Waals surface area contributed by atoms with Crippen molar-refractivity contribution in [3.8, 4) is 11.3 Å². The molecule has 0 saturated carbocycles. The Labute approximate surface area is 170 Å². The summed E-state index contributed by atoms with van der Waals surface area (Å²) in [4.78, 5) is 27.6. The molecule has 6 heteroatoms. The number of carbonyl (C=O) groups is 1. The quantitative estimate of drug-likeness (QED) is 0.470. The van der Waals surface area contributed by atoms with Crippen molar-refractivity contribution < 1.29 is 4.79 Å². The van der Waals surface area contributed by atoms with Crippen LogP contribution >= 0.6 is 0 Å². The number of nitrogens with one attached hydrogen (secondary N) is 1. The van der Waals surface area contributed by atoms with Crippen LogP contribution in [0.15, 0.2) is 36.7 Å². The number of aromatic amines is 1. The van der Waals surface area contributed by atoms with Gasteiger partial charge in [-0.05, 0) is 0 Å². The van der Waals surface area contributed by atoms with Gasteiger partial charge < -0.3 is 0 Å². The molecule has 1 aliphatic heterocycles. The first-order valence-electron chi connectivity index (χ1n) is 9.65. The minimum absolute atomic E-state index is 0.0728. The van der Waals surface area contributed by atoms with Crippen LogP contribution in [0.4, 0.5) is 5.69 Å². The van der Waals surface area contributed by atoms with E-state index in [1.54, 1.807) is 12.4 Å². The molecule has 4 rings (SSSR count). The Kier molecular flexibility index (Phi) is 4.82. The number of hydrogen-bond donors (Lipinski definition) is 1. The average Bonchev–Trinajstić information content (AvgIpc) is 3.02. The predicted octanol–water partition coefficient (Wildman–Crippen LogP) is 4.80. The molecule has 5 nitrogen and oxygen atoms in total. The van der Waals surface area contributed by atoms with Crippen LogP contribution in [0.5, 0.6) is 0 Å². The van der Waals surface area contributed by atoms with E-state index >= 15 is 0 Å². The van der Waals surface area contributed by atoms with E-state index in [2.05, 4.69) is 50.6 Å². The van der Waals surface area contributed by atoms with Crippen LogP contribution in [0.3, 0.4) is 0 Å². The number of fused-ring (bicyclic) bond motifs is 1. The van der Waals surface area contributed by atoms with Crippen molar-refractivity contribution in [2.45, 2.75) is 36.9 Å². The molecule has 1 aromatic carbocycles. The molecule has 1 aliphatic rings. The molecule has 146 valence electrons. The molecule has 3 aromatic rings. The molecule has 28 heavy (non-hydrogen) atoms. The Bertz CT molecular complexity index is 1030. The van der Waals surface area contributed by atoms with Gasteiger partial charge in [0.25, 0.3) is 0 Å². The van der Waals surface area contributed by atoms with Gasteiger partial charge in [0, 0.05) is 0 Å². The van der Waals surface area contributed by atoms with E-state index in [1.807, 2.05) is 20.8 Å². The van der Waals surface area contributed by atoms with Gasteiger partial charge in [-0.2, -0.15) is 0 Å². The average molecular weight is 438 g/mol. The molecule has 0 unspecified atom stereocenters. The number of carbonyl (C=O) groups excluding carboxylic acids is 1. The molecule has 1 N–H and O–H groups in total. The van der Waals surface area contributed by atoms with E-state index in [0.717, 1.165) is 16.0 Å². The van der Waals surface area contributed by atoms with E-state index < -0.39 is 20.1 Å². The molecule has 0 amide bonds. The standard InChI is InChI=1S/C22H27AsN4O/c1-22(2,3)20(28)17-10-24-21-19(17)26-18(11-25-21)14-7-6-8-16(9-14)27-12-15(13-27)23(4)5/h6-11,15H,12-13H2,1-5H3,(H,24,25). The number of anilines is 1. The maximum absolute atomic E-state index is 12.8. The molecule has 1 saturated heterocycles. The minimum atomic E-state index is -0.626. The molecule has 0 radical (unpaired) electrons. The number of hydrogen-bond acceptors (Lipinski definition) is 4. The Hall–Kier alpha value is -2.13. The maximum atomic E-state index is 12.8. The Morgan fingerprint density at radius 1 is 1.25 bits per heavy atom. The third-order valence-corrected chi connectivity index (χ3v) is 9.16. The fourth-order valence-electron chi connectivity index (χ4n) is 3.46. The first-order chi connectivity index (χ1) is 13.2. The van der Waals surface area contributed by atoms with E-state index in [-0.39, 0.29) is 5.78 Å². The number of nitrogens with zero attached hydrogens (tertiary/aromatic N) is 3. The zero-order valence-corrected chi connectivity index (χ0v) is 19.0. The van der Waals surface area contributed by atoms with Gasteiger partial charge in [-0.3, -0.25) is 0 Å². The topological polar surface area (TPSA) is 61.9 Å². The summed E-state index contributed by atoms with van der Waals surface area (Å²) in [6.45, 7) is 8.12. The monoisotopic (exact) mass is 438 g/mol. The van der Waals surface area contributed by atoms with Crippen LogP contribution in [0.1, 0.15) is 31.1 Å². The number of Topliss-reactive ketones (excluding diaryl/α,β-unsaturated/α-hetero) is 1. The third-order valence-electron chi connectivity index (χ3n) is 5.41. The summed E-state index contributed by atoms with van der Waals surface area (Å²) in [5.74, 6) is 0.0728.